The van der Waals surface area contributed by atoms with Crippen LogP contribution in [0.3, 0.4) is 0 Å². The smallest absolute Gasteiger partial charge is 0.113 e. The lowest BCUT2D eigenvalue weighted by Gasteiger charge is -2.01. The minimum atomic E-state index is 0.529. The van der Waals surface area contributed by atoms with Crippen molar-refractivity contribution in [3.05, 3.63) is 23.8 Å². The molecular formula is C10H14N4O. The Morgan fingerprint density at radius 1 is 1.47 bits per heavy atom. The summed E-state index contributed by atoms with van der Waals surface area (Å²) in [5.41, 5.74) is 8.52. The summed E-state index contributed by atoms with van der Waals surface area (Å²) in [5.74, 6) is 0. The van der Waals surface area contributed by atoms with E-state index in [9.17, 15) is 0 Å². The summed E-state index contributed by atoms with van der Waals surface area (Å²) in [6.45, 7) is 1.88. The number of methoxy groups -OCH3 is 1. The number of hydrogen-bond donors (Lipinski definition) is 1. The van der Waals surface area contributed by atoms with Crippen LogP contribution in [0.25, 0.3) is 11.0 Å². The zero-order valence-corrected chi connectivity index (χ0v) is 8.68. The molecule has 0 unspecified atom stereocenters. The summed E-state index contributed by atoms with van der Waals surface area (Å²) in [6.07, 6.45) is 0. The summed E-state index contributed by atoms with van der Waals surface area (Å²) in [5, 5.41) is 8.14. The first-order valence-corrected chi connectivity index (χ1v) is 4.86. The predicted octanol–water partition coefficient (Wildman–Crippen LogP) is 0.536. The van der Waals surface area contributed by atoms with Gasteiger partial charge < -0.3 is 10.5 Å². The molecule has 2 rings (SSSR count). The number of aromatic nitrogens is 3. The second-order valence-electron chi connectivity index (χ2n) is 3.33. The van der Waals surface area contributed by atoms with Gasteiger partial charge in [0.05, 0.1) is 18.7 Å². The maximum absolute atomic E-state index is 5.55. The van der Waals surface area contributed by atoms with Crippen LogP contribution in [0, 0.1) is 0 Å². The fourth-order valence-corrected chi connectivity index (χ4v) is 1.49. The molecule has 0 amide bonds. The Bertz CT molecular complexity index is 452. The molecule has 1 aromatic heterocycles. The van der Waals surface area contributed by atoms with E-state index in [0.29, 0.717) is 13.2 Å². The van der Waals surface area contributed by atoms with Gasteiger partial charge in [-0.15, -0.1) is 5.10 Å². The van der Waals surface area contributed by atoms with Crippen molar-refractivity contribution in [2.45, 2.75) is 13.1 Å². The van der Waals surface area contributed by atoms with Crippen molar-refractivity contribution in [3.63, 3.8) is 0 Å². The molecule has 5 nitrogen and oxygen atoms in total. The third-order valence-electron chi connectivity index (χ3n) is 2.32. The lowest BCUT2D eigenvalue weighted by Crippen LogP contribution is -2.05. The highest BCUT2D eigenvalue weighted by Crippen LogP contribution is 2.12. The standard InChI is InChI=1S/C10H14N4O/c1-15-5-4-14-10-3-2-8(7-11)6-9(10)12-13-14/h2-3,6H,4-5,7,11H2,1H3. The topological polar surface area (TPSA) is 66.0 Å². The van der Waals surface area contributed by atoms with Gasteiger partial charge in [-0.3, -0.25) is 0 Å². The highest BCUT2D eigenvalue weighted by molar-refractivity contribution is 5.74. The number of ether oxygens (including phenoxy) is 1. The maximum Gasteiger partial charge on any atom is 0.113 e. The highest BCUT2D eigenvalue weighted by Gasteiger charge is 2.04. The van der Waals surface area contributed by atoms with Crippen LogP contribution in [0.5, 0.6) is 0 Å². The number of nitrogens with two attached hydrogens (primary N) is 1. The molecule has 0 bridgehead atoms. The van der Waals surface area contributed by atoms with Crippen LogP contribution in [0.1, 0.15) is 5.56 Å². The van der Waals surface area contributed by atoms with Crippen LogP contribution in [0.2, 0.25) is 0 Å². The zero-order chi connectivity index (χ0) is 10.7. The molecule has 0 aliphatic heterocycles. The normalized spacial score (nSPS) is 11.1. The van der Waals surface area contributed by atoms with Crippen LogP contribution in [-0.4, -0.2) is 28.7 Å². The number of fused-ring (bicyclic) bond motifs is 1. The van der Waals surface area contributed by atoms with E-state index in [1.807, 2.05) is 22.9 Å². The lowest BCUT2D eigenvalue weighted by atomic mass is 10.2. The quantitative estimate of drug-likeness (QED) is 0.792. The number of nitrogens with zero attached hydrogens (tertiary/aromatic N) is 3. The molecule has 1 aromatic carbocycles. The predicted molar refractivity (Wildman–Crippen MR) is 57.3 cm³/mol. The van der Waals surface area contributed by atoms with Gasteiger partial charge in [0.25, 0.3) is 0 Å². The largest absolute Gasteiger partial charge is 0.383 e. The average molecular weight is 206 g/mol. The number of rotatable bonds is 4. The minimum Gasteiger partial charge on any atom is -0.383 e. The molecule has 80 valence electrons. The molecule has 0 aliphatic carbocycles. The van der Waals surface area contributed by atoms with Gasteiger partial charge in [-0.05, 0) is 17.7 Å². The third kappa shape index (κ3) is 1.98. The molecule has 15 heavy (non-hydrogen) atoms. The number of benzene rings is 1. The van der Waals surface area contributed by atoms with E-state index in [1.165, 1.54) is 0 Å². The first-order chi connectivity index (χ1) is 7.35. The van der Waals surface area contributed by atoms with E-state index in [0.717, 1.165) is 23.1 Å². The van der Waals surface area contributed by atoms with E-state index in [-0.39, 0.29) is 0 Å². The molecule has 0 saturated carbocycles. The van der Waals surface area contributed by atoms with Crippen LogP contribution in [-0.2, 0) is 17.8 Å². The molecule has 1 heterocycles. The van der Waals surface area contributed by atoms with Crippen molar-refractivity contribution in [3.8, 4) is 0 Å². The minimum absolute atomic E-state index is 0.529. The molecule has 0 aliphatic rings. The fraction of sp³-hybridized carbons (Fsp3) is 0.400. The Morgan fingerprint density at radius 2 is 2.33 bits per heavy atom. The van der Waals surface area contributed by atoms with Gasteiger partial charge in [0.2, 0.25) is 0 Å². The summed E-state index contributed by atoms with van der Waals surface area (Å²) in [6, 6.07) is 5.95. The van der Waals surface area contributed by atoms with Crippen molar-refractivity contribution in [2.75, 3.05) is 13.7 Å². The first kappa shape index (κ1) is 10.1. The summed E-state index contributed by atoms with van der Waals surface area (Å²) in [4.78, 5) is 0. The summed E-state index contributed by atoms with van der Waals surface area (Å²) in [7, 11) is 1.67. The van der Waals surface area contributed by atoms with Gasteiger partial charge in [0, 0.05) is 13.7 Å². The summed E-state index contributed by atoms with van der Waals surface area (Å²) >= 11 is 0. The monoisotopic (exact) mass is 206 g/mol. The zero-order valence-electron chi connectivity index (χ0n) is 8.68. The second kappa shape index (κ2) is 4.37. The fourth-order valence-electron chi connectivity index (χ4n) is 1.49. The van der Waals surface area contributed by atoms with E-state index in [4.69, 9.17) is 10.5 Å². The lowest BCUT2D eigenvalue weighted by molar-refractivity contribution is 0.184. The Kier molecular flexibility index (Phi) is 2.94. The second-order valence-corrected chi connectivity index (χ2v) is 3.33. The van der Waals surface area contributed by atoms with E-state index in [2.05, 4.69) is 10.3 Å². The van der Waals surface area contributed by atoms with Crippen LogP contribution in [0.15, 0.2) is 18.2 Å². The Balaban J connectivity index is 2.34. The first-order valence-electron chi connectivity index (χ1n) is 4.86. The number of hydrogen-bond acceptors (Lipinski definition) is 4. The van der Waals surface area contributed by atoms with Crippen molar-refractivity contribution in [2.24, 2.45) is 5.73 Å². The van der Waals surface area contributed by atoms with Crippen molar-refractivity contribution in [1.29, 1.82) is 0 Å². The molecule has 0 spiro atoms. The molecule has 2 N–H and O–H groups in total. The Labute approximate surface area is 87.8 Å². The molecule has 0 saturated heterocycles. The van der Waals surface area contributed by atoms with E-state index >= 15 is 0 Å². The molecule has 0 radical (unpaired) electrons. The summed E-state index contributed by atoms with van der Waals surface area (Å²) < 4.78 is 6.83. The van der Waals surface area contributed by atoms with Gasteiger partial charge in [0.1, 0.15) is 5.52 Å². The highest BCUT2D eigenvalue weighted by atomic mass is 16.5. The van der Waals surface area contributed by atoms with E-state index in [1.54, 1.807) is 7.11 Å². The van der Waals surface area contributed by atoms with Crippen LogP contribution >= 0.6 is 0 Å². The van der Waals surface area contributed by atoms with Gasteiger partial charge in [-0.2, -0.15) is 0 Å². The Morgan fingerprint density at radius 3 is 3.07 bits per heavy atom. The van der Waals surface area contributed by atoms with Gasteiger partial charge in [-0.25, -0.2) is 4.68 Å². The Hall–Kier alpha value is -1.46. The molecule has 2 aromatic rings. The van der Waals surface area contributed by atoms with E-state index < -0.39 is 0 Å². The van der Waals surface area contributed by atoms with Gasteiger partial charge >= 0.3 is 0 Å². The van der Waals surface area contributed by atoms with Gasteiger partial charge in [0.15, 0.2) is 0 Å². The molecule has 5 heteroatoms. The van der Waals surface area contributed by atoms with Crippen molar-refractivity contribution in [1.82, 2.24) is 15.0 Å². The molecular weight excluding hydrogens is 192 g/mol. The van der Waals surface area contributed by atoms with Crippen LogP contribution < -0.4 is 5.73 Å². The maximum atomic E-state index is 5.55. The molecule has 0 fully saturated rings. The van der Waals surface area contributed by atoms with Crippen molar-refractivity contribution < 1.29 is 4.74 Å². The van der Waals surface area contributed by atoms with Crippen molar-refractivity contribution >= 4 is 11.0 Å². The van der Waals surface area contributed by atoms with Crippen LogP contribution in [0.4, 0.5) is 0 Å². The third-order valence-corrected chi connectivity index (χ3v) is 2.32. The SMILES string of the molecule is COCCn1nnc2cc(CN)ccc21. The average Bonchev–Trinajstić information content (AvgIpc) is 2.68. The van der Waals surface area contributed by atoms with Gasteiger partial charge in [-0.1, -0.05) is 11.3 Å². The molecule has 0 atom stereocenters.